The molecule has 0 aliphatic carbocycles. The second-order valence-corrected chi connectivity index (χ2v) is 9.81. The predicted molar refractivity (Wildman–Crippen MR) is 117 cm³/mol. The van der Waals surface area contributed by atoms with E-state index < -0.39 is 10.0 Å². The molecule has 0 saturated carbocycles. The molecule has 2 aromatic rings. The molecule has 2 aromatic carbocycles. The Hall–Kier alpha value is -2.58. The van der Waals surface area contributed by atoms with Gasteiger partial charge in [-0.2, -0.15) is 0 Å². The van der Waals surface area contributed by atoms with Gasteiger partial charge in [0.1, 0.15) is 13.2 Å². The van der Waals surface area contributed by atoms with Crippen LogP contribution in [0.15, 0.2) is 41.3 Å². The third-order valence-corrected chi connectivity index (χ3v) is 7.40. The lowest BCUT2D eigenvalue weighted by Gasteiger charge is -2.27. The van der Waals surface area contributed by atoms with E-state index in [9.17, 15) is 13.2 Å². The number of hydrogen-bond donors (Lipinski definition) is 1. The number of fused-ring (bicyclic) bond motifs is 1. The zero-order valence-electron chi connectivity index (χ0n) is 17.9. The summed E-state index contributed by atoms with van der Waals surface area (Å²) in [7, 11) is -3.65. The molecule has 1 saturated heterocycles. The molecular weight excluding hydrogens is 416 g/mol. The number of carbonyl (C=O) groups is 1. The molecule has 0 radical (unpaired) electrons. The number of nitrogens with zero attached hydrogens (tertiary/aromatic N) is 1. The maximum absolute atomic E-state index is 12.9. The normalized spacial score (nSPS) is 18.3. The third kappa shape index (κ3) is 4.70. The van der Waals surface area contributed by atoms with Gasteiger partial charge in [0.2, 0.25) is 15.9 Å². The van der Waals surface area contributed by atoms with E-state index in [-0.39, 0.29) is 29.8 Å². The number of ether oxygens (including phenoxy) is 2. The van der Waals surface area contributed by atoms with Crippen molar-refractivity contribution >= 4 is 15.9 Å². The number of likely N-dealkylation sites (tertiary alicyclic amines) is 1. The van der Waals surface area contributed by atoms with Gasteiger partial charge in [0.05, 0.1) is 10.9 Å². The number of hydrogen-bond acceptors (Lipinski definition) is 5. The highest BCUT2D eigenvalue weighted by Crippen LogP contribution is 2.38. The quantitative estimate of drug-likeness (QED) is 0.740. The number of rotatable bonds is 6. The van der Waals surface area contributed by atoms with Gasteiger partial charge in [-0.15, -0.1) is 0 Å². The van der Waals surface area contributed by atoms with Gasteiger partial charge in [0.15, 0.2) is 11.5 Å². The minimum Gasteiger partial charge on any atom is -0.486 e. The molecule has 31 heavy (non-hydrogen) atoms. The third-order valence-electron chi connectivity index (χ3n) is 5.94. The van der Waals surface area contributed by atoms with Gasteiger partial charge >= 0.3 is 0 Å². The molecule has 0 unspecified atom stereocenters. The Bertz CT molecular complexity index is 1080. The molecule has 1 atom stereocenters. The van der Waals surface area contributed by atoms with Crippen LogP contribution in [-0.2, 0) is 14.8 Å². The van der Waals surface area contributed by atoms with Crippen molar-refractivity contribution in [2.24, 2.45) is 0 Å². The van der Waals surface area contributed by atoms with Gasteiger partial charge in [-0.25, -0.2) is 13.1 Å². The maximum atomic E-state index is 12.9. The summed E-state index contributed by atoms with van der Waals surface area (Å²) in [5, 5.41) is 0. The zero-order valence-corrected chi connectivity index (χ0v) is 18.7. The van der Waals surface area contributed by atoms with E-state index in [1.165, 1.54) is 0 Å². The topological polar surface area (TPSA) is 84.9 Å². The molecule has 7 nitrogen and oxygen atoms in total. The highest BCUT2D eigenvalue weighted by Gasteiger charge is 2.30. The fraction of sp³-hybridized carbons (Fsp3) is 0.435. The van der Waals surface area contributed by atoms with E-state index >= 15 is 0 Å². The molecule has 1 amide bonds. The fourth-order valence-corrected chi connectivity index (χ4v) is 5.20. The lowest BCUT2D eigenvalue weighted by Crippen LogP contribution is -2.34. The molecular formula is C23H28N2O5S. The molecule has 2 heterocycles. The van der Waals surface area contributed by atoms with Crippen molar-refractivity contribution in [1.29, 1.82) is 0 Å². The molecule has 1 fully saturated rings. The van der Waals surface area contributed by atoms with E-state index in [0.29, 0.717) is 25.5 Å². The van der Waals surface area contributed by atoms with E-state index in [2.05, 4.69) is 4.72 Å². The number of amides is 1. The van der Waals surface area contributed by atoms with Crippen molar-refractivity contribution in [2.45, 2.75) is 44.0 Å². The number of nitrogens with one attached hydrogen (secondary N) is 1. The zero-order chi connectivity index (χ0) is 22.0. The molecule has 166 valence electrons. The lowest BCUT2D eigenvalue weighted by molar-refractivity contribution is -0.131. The number of benzene rings is 2. The lowest BCUT2D eigenvalue weighted by atomic mass is 10.0. The molecule has 8 heteroatoms. The first kappa shape index (κ1) is 21.6. The Morgan fingerprint density at radius 2 is 1.84 bits per heavy atom. The number of carbonyl (C=O) groups excluding carboxylic acids is 1. The van der Waals surface area contributed by atoms with Gasteiger partial charge in [-0.05, 0) is 67.6 Å². The minimum atomic E-state index is -3.65. The average Bonchev–Trinajstić information content (AvgIpc) is 3.25. The van der Waals surface area contributed by atoms with Crippen molar-refractivity contribution in [3.05, 3.63) is 53.1 Å². The summed E-state index contributed by atoms with van der Waals surface area (Å²) in [5.41, 5.74) is 2.97. The van der Waals surface area contributed by atoms with Crippen LogP contribution in [0, 0.1) is 13.8 Å². The van der Waals surface area contributed by atoms with Crippen molar-refractivity contribution in [3.63, 3.8) is 0 Å². The van der Waals surface area contributed by atoms with Crippen LogP contribution in [0.1, 0.15) is 42.0 Å². The van der Waals surface area contributed by atoms with Crippen LogP contribution < -0.4 is 14.2 Å². The Morgan fingerprint density at radius 1 is 1.06 bits per heavy atom. The summed E-state index contributed by atoms with van der Waals surface area (Å²) >= 11 is 0. The first-order chi connectivity index (χ1) is 14.8. The smallest absolute Gasteiger partial charge is 0.240 e. The van der Waals surface area contributed by atoms with Crippen molar-refractivity contribution in [2.75, 3.05) is 26.3 Å². The largest absolute Gasteiger partial charge is 0.486 e. The van der Waals surface area contributed by atoms with Crippen molar-refractivity contribution in [1.82, 2.24) is 9.62 Å². The average molecular weight is 445 g/mol. The van der Waals surface area contributed by atoms with Crippen molar-refractivity contribution < 1.29 is 22.7 Å². The molecule has 0 aromatic heterocycles. The van der Waals surface area contributed by atoms with E-state index in [4.69, 9.17) is 9.47 Å². The predicted octanol–water partition coefficient (Wildman–Crippen LogP) is 3.11. The van der Waals surface area contributed by atoms with Crippen LogP contribution >= 0.6 is 0 Å². The second-order valence-electron chi connectivity index (χ2n) is 8.04. The fourth-order valence-electron chi connectivity index (χ4n) is 4.08. The molecule has 0 spiro atoms. The first-order valence-electron chi connectivity index (χ1n) is 10.6. The molecule has 0 bridgehead atoms. The molecule has 1 N–H and O–H groups in total. The van der Waals surface area contributed by atoms with Crippen LogP contribution in [0.25, 0.3) is 0 Å². The highest BCUT2D eigenvalue weighted by molar-refractivity contribution is 7.89. The van der Waals surface area contributed by atoms with E-state index in [1.807, 2.05) is 36.9 Å². The van der Waals surface area contributed by atoms with E-state index in [1.54, 1.807) is 18.2 Å². The summed E-state index contributed by atoms with van der Waals surface area (Å²) in [6.45, 7) is 5.61. The SMILES string of the molecule is Cc1ccc(S(=O)(=O)NCCC(=O)N2CCC[C@H]2c2ccc3c(c2)OCCO3)cc1C. The van der Waals surface area contributed by atoms with Crippen LogP contribution in [0.4, 0.5) is 0 Å². The highest BCUT2D eigenvalue weighted by atomic mass is 32.2. The maximum Gasteiger partial charge on any atom is 0.240 e. The Labute approximate surface area is 183 Å². The van der Waals surface area contributed by atoms with Crippen LogP contribution in [0.3, 0.4) is 0 Å². The second kappa shape index (κ2) is 8.88. The standard InChI is InChI=1S/C23H28N2O5S/c1-16-5-7-19(14-17(16)2)31(27,28)24-10-9-23(26)25-11-3-4-20(25)18-6-8-21-22(15-18)30-13-12-29-21/h5-8,14-15,20,24H,3-4,9-13H2,1-2H3/t20-/m0/s1. The Balaban J connectivity index is 1.38. The summed E-state index contributed by atoms with van der Waals surface area (Å²) in [4.78, 5) is 14.9. The van der Waals surface area contributed by atoms with Crippen LogP contribution in [0.2, 0.25) is 0 Å². The Kier molecular flexibility index (Phi) is 6.20. The molecule has 2 aliphatic heterocycles. The first-order valence-corrected chi connectivity index (χ1v) is 12.1. The number of aryl methyl sites for hydroxylation is 2. The minimum absolute atomic E-state index is 0.0281. The van der Waals surface area contributed by atoms with Crippen LogP contribution in [0.5, 0.6) is 11.5 Å². The van der Waals surface area contributed by atoms with Gasteiger partial charge in [0.25, 0.3) is 0 Å². The van der Waals surface area contributed by atoms with Crippen LogP contribution in [-0.4, -0.2) is 45.5 Å². The monoisotopic (exact) mass is 444 g/mol. The number of sulfonamides is 1. The molecule has 2 aliphatic rings. The molecule has 4 rings (SSSR count). The van der Waals surface area contributed by atoms with E-state index in [0.717, 1.165) is 35.3 Å². The Morgan fingerprint density at radius 3 is 2.61 bits per heavy atom. The summed E-state index contributed by atoms with van der Waals surface area (Å²) in [5.74, 6) is 1.39. The van der Waals surface area contributed by atoms with Gasteiger partial charge in [0, 0.05) is 19.5 Å². The van der Waals surface area contributed by atoms with Gasteiger partial charge in [-0.1, -0.05) is 12.1 Å². The summed E-state index contributed by atoms with van der Waals surface area (Å²) in [6.07, 6.45) is 1.91. The summed E-state index contributed by atoms with van der Waals surface area (Å²) in [6, 6.07) is 10.8. The summed E-state index contributed by atoms with van der Waals surface area (Å²) < 4.78 is 38.9. The van der Waals surface area contributed by atoms with Gasteiger partial charge < -0.3 is 14.4 Å². The van der Waals surface area contributed by atoms with Crippen molar-refractivity contribution in [3.8, 4) is 11.5 Å². The van der Waals surface area contributed by atoms with Gasteiger partial charge in [-0.3, -0.25) is 4.79 Å².